The third-order valence-corrected chi connectivity index (χ3v) is 5.50. The highest BCUT2D eigenvalue weighted by Gasteiger charge is 2.22. The summed E-state index contributed by atoms with van der Waals surface area (Å²) < 4.78 is 0. The number of anilines is 1. The third kappa shape index (κ3) is 11.8. The number of hydrogen-bond acceptors (Lipinski definition) is 3. The van der Waals surface area contributed by atoms with Crippen molar-refractivity contribution in [3.05, 3.63) is 64.7 Å². The summed E-state index contributed by atoms with van der Waals surface area (Å²) in [6.45, 7) is 18.4. The summed E-state index contributed by atoms with van der Waals surface area (Å²) in [6.07, 6.45) is 3.87. The molecule has 3 rings (SSSR count). The van der Waals surface area contributed by atoms with Crippen LogP contribution in [0.25, 0.3) is 0 Å². The first-order chi connectivity index (χ1) is 17.8. The van der Waals surface area contributed by atoms with Crippen LogP contribution in [0.4, 0.5) is 10.5 Å². The lowest BCUT2D eigenvalue weighted by molar-refractivity contribution is 0.0734. The topological polar surface area (TPSA) is 73.5 Å². The molecule has 0 bridgehead atoms. The number of urea groups is 1. The molecule has 6 nitrogen and oxygen atoms in total. The van der Waals surface area contributed by atoms with E-state index in [-0.39, 0.29) is 11.9 Å². The molecule has 2 aromatic carbocycles. The van der Waals surface area contributed by atoms with Gasteiger partial charge in [0.15, 0.2) is 0 Å². The molecule has 0 atom stereocenters. The Hall–Kier alpha value is -2.86. The van der Waals surface area contributed by atoms with Crippen molar-refractivity contribution in [2.24, 2.45) is 5.92 Å². The fourth-order valence-corrected chi connectivity index (χ4v) is 3.76. The summed E-state index contributed by atoms with van der Waals surface area (Å²) >= 11 is 0. The summed E-state index contributed by atoms with van der Waals surface area (Å²) in [5, 5.41) is 9.23. The van der Waals surface area contributed by atoms with Gasteiger partial charge in [-0.05, 0) is 47.6 Å². The summed E-state index contributed by atoms with van der Waals surface area (Å²) in [5.74, 6) is 0.447. The van der Waals surface area contributed by atoms with E-state index in [0.717, 1.165) is 47.5 Å². The average molecular weight is 511 g/mol. The second-order valence-electron chi connectivity index (χ2n) is 9.87. The molecule has 0 saturated carbocycles. The molecular formula is C31H50N4O2. The predicted molar refractivity (Wildman–Crippen MR) is 158 cm³/mol. The zero-order chi connectivity index (χ0) is 27.6. The number of nitrogens with zero attached hydrogens (tertiary/aromatic N) is 1. The molecule has 0 spiro atoms. The zero-order valence-corrected chi connectivity index (χ0v) is 24.2. The number of benzene rings is 2. The lowest BCUT2D eigenvalue weighted by atomic mass is 9.95. The minimum atomic E-state index is -0.216. The minimum Gasteiger partial charge on any atom is -0.338 e. The first-order valence-electron chi connectivity index (χ1n) is 14.0. The Balaban J connectivity index is 0.00000104. The van der Waals surface area contributed by atoms with Gasteiger partial charge in [0.2, 0.25) is 0 Å². The zero-order valence-electron chi connectivity index (χ0n) is 24.2. The maximum atomic E-state index is 13.3. The van der Waals surface area contributed by atoms with E-state index >= 15 is 0 Å². The van der Waals surface area contributed by atoms with E-state index in [2.05, 4.69) is 69.6 Å². The Bertz CT molecular complexity index is 920. The van der Waals surface area contributed by atoms with E-state index in [1.807, 2.05) is 42.2 Å². The standard InChI is InChI=1S/C25H34N4O2.2C3H8/c1-4-20-16-23(28-25(31)27-17-18(2)3)21(14-19-8-6-5-7-9-19)15-22(20)24(30)29-12-10-26-11-13-29;2*1-3-2/h5-9,15-16,18,26H,4,10-14,17H2,1-3H3,(H2,27,28,31);2*3H2,1-2H3. The molecular weight excluding hydrogens is 460 g/mol. The second kappa shape index (κ2) is 18.4. The number of nitrogens with one attached hydrogen (secondary N) is 3. The van der Waals surface area contributed by atoms with E-state index in [9.17, 15) is 9.59 Å². The first kappa shape index (κ1) is 32.2. The van der Waals surface area contributed by atoms with E-state index in [0.29, 0.717) is 32.0 Å². The third-order valence-electron chi connectivity index (χ3n) is 5.50. The van der Waals surface area contributed by atoms with Crippen molar-refractivity contribution in [3.63, 3.8) is 0 Å². The highest BCUT2D eigenvalue weighted by molar-refractivity contribution is 5.98. The van der Waals surface area contributed by atoms with Gasteiger partial charge in [0, 0.05) is 44.0 Å². The Morgan fingerprint density at radius 3 is 2.05 bits per heavy atom. The molecule has 0 aliphatic carbocycles. The van der Waals surface area contributed by atoms with Gasteiger partial charge >= 0.3 is 6.03 Å². The van der Waals surface area contributed by atoms with Gasteiger partial charge in [0.05, 0.1) is 0 Å². The molecule has 37 heavy (non-hydrogen) atoms. The number of amides is 3. The molecule has 1 aliphatic rings. The van der Waals surface area contributed by atoms with Crippen molar-refractivity contribution in [2.75, 3.05) is 38.0 Å². The van der Waals surface area contributed by atoms with Crippen molar-refractivity contribution in [2.45, 2.75) is 74.1 Å². The number of piperazine rings is 1. The quantitative estimate of drug-likeness (QED) is 0.398. The van der Waals surface area contributed by atoms with Crippen LogP contribution in [-0.4, -0.2) is 49.6 Å². The lowest BCUT2D eigenvalue weighted by Crippen LogP contribution is -2.46. The fourth-order valence-electron chi connectivity index (χ4n) is 3.76. The average Bonchev–Trinajstić information content (AvgIpc) is 2.90. The predicted octanol–water partition coefficient (Wildman–Crippen LogP) is 6.50. The van der Waals surface area contributed by atoms with Crippen molar-refractivity contribution < 1.29 is 9.59 Å². The van der Waals surface area contributed by atoms with Crippen LogP contribution in [0, 0.1) is 5.92 Å². The number of aryl methyl sites for hydroxylation is 1. The van der Waals surface area contributed by atoms with Crippen LogP contribution < -0.4 is 16.0 Å². The SMILES string of the molecule is CCC.CCC.CCc1cc(NC(=O)NCC(C)C)c(Cc2ccccc2)cc1C(=O)N1CCNCC1. The number of hydrogen-bond donors (Lipinski definition) is 3. The highest BCUT2D eigenvalue weighted by Crippen LogP contribution is 2.26. The Morgan fingerprint density at radius 1 is 0.919 bits per heavy atom. The van der Waals surface area contributed by atoms with Gasteiger partial charge in [-0.1, -0.05) is 91.6 Å². The van der Waals surface area contributed by atoms with Crippen LogP contribution in [0.5, 0.6) is 0 Å². The molecule has 6 heteroatoms. The summed E-state index contributed by atoms with van der Waals surface area (Å²) in [7, 11) is 0. The second-order valence-corrected chi connectivity index (χ2v) is 9.87. The highest BCUT2D eigenvalue weighted by atomic mass is 16.2. The van der Waals surface area contributed by atoms with Gasteiger partial charge in [0.1, 0.15) is 0 Å². The maximum absolute atomic E-state index is 13.3. The summed E-state index contributed by atoms with van der Waals surface area (Å²) in [6, 6.07) is 13.9. The van der Waals surface area contributed by atoms with Crippen molar-refractivity contribution in [3.8, 4) is 0 Å². The van der Waals surface area contributed by atoms with Crippen LogP contribution in [-0.2, 0) is 12.8 Å². The van der Waals surface area contributed by atoms with Gasteiger partial charge in [-0.15, -0.1) is 0 Å². The fraction of sp³-hybridized carbons (Fsp3) is 0.548. The van der Waals surface area contributed by atoms with E-state index < -0.39 is 0 Å². The monoisotopic (exact) mass is 510 g/mol. The molecule has 0 radical (unpaired) electrons. The largest absolute Gasteiger partial charge is 0.338 e. The van der Waals surface area contributed by atoms with Crippen molar-refractivity contribution in [1.29, 1.82) is 0 Å². The van der Waals surface area contributed by atoms with Crippen LogP contribution in [0.1, 0.15) is 88.4 Å². The Kier molecular flexibility index (Phi) is 16.0. The van der Waals surface area contributed by atoms with Crippen LogP contribution in [0.2, 0.25) is 0 Å². The van der Waals surface area contributed by atoms with Crippen molar-refractivity contribution in [1.82, 2.24) is 15.5 Å². The Labute approximate surface area is 225 Å². The van der Waals surface area contributed by atoms with E-state index in [1.54, 1.807) is 0 Å². The van der Waals surface area contributed by atoms with Gasteiger partial charge in [-0.3, -0.25) is 4.79 Å². The molecule has 3 amide bonds. The molecule has 1 heterocycles. The minimum absolute atomic E-state index is 0.0727. The van der Waals surface area contributed by atoms with Crippen LogP contribution in [0.15, 0.2) is 42.5 Å². The van der Waals surface area contributed by atoms with Crippen LogP contribution >= 0.6 is 0 Å². The molecule has 1 saturated heterocycles. The van der Waals surface area contributed by atoms with Gasteiger partial charge in [-0.25, -0.2) is 4.79 Å². The lowest BCUT2D eigenvalue weighted by Gasteiger charge is -2.28. The van der Waals surface area contributed by atoms with Gasteiger partial charge in [0.25, 0.3) is 5.91 Å². The molecule has 206 valence electrons. The number of rotatable bonds is 7. The van der Waals surface area contributed by atoms with E-state index in [1.165, 1.54) is 12.8 Å². The molecule has 1 fully saturated rings. The van der Waals surface area contributed by atoms with Gasteiger partial charge < -0.3 is 20.9 Å². The normalized spacial score (nSPS) is 12.6. The number of carbonyl (C=O) groups is 2. The summed E-state index contributed by atoms with van der Waals surface area (Å²) in [4.78, 5) is 27.7. The van der Waals surface area contributed by atoms with Crippen LogP contribution in [0.3, 0.4) is 0 Å². The molecule has 3 N–H and O–H groups in total. The first-order valence-corrected chi connectivity index (χ1v) is 14.0. The number of carbonyl (C=O) groups excluding carboxylic acids is 2. The van der Waals surface area contributed by atoms with Gasteiger partial charge in [-0.2, -0.15) is 0 Å². The summed E-state index contributed by atoms with van der Waals surface area (Å²) in [5.41, 5.74) is 4.54. The maximum Gasteiger partial charge on any atom is 0.319 e. The molecule has 2 aromatic rings. The molecule has 0 unspecified atom stereocenters. The molecule has 0 aromatic heterocycles. The van der Waals surface area contributed by atoms with Crippen molar-refractivity contribution >= 4 is 17.6 Å². The molecule has 1 aliphatic heterocycles. The Morgan fingerprint density at radius 2 is 1.51 bits per heavy atom. The van der Waals surface area contributed by atoms with E-state index in [4.69, 9.17) is 0 Å². The smallest absolute Gasteiger partial charge is 0.319 e.